The molecule has 0 saturated carbocycles. The van der Waals surface area contributed by atoms with Gasteiger partial charge in [0.15, 0.2) is 22.9 Å². The quantitative estimate of drug-likeness (QED) is 0.259. The predicted molar refractivity (Wildman–Crippen MR) is 164 cm³/mol. The first-order valence-corrected chi connectivity index (χ1v) is 15.7. The number of aromatic nitrogens is 5. The number of ether oxygens (including phenoxy) is 4. The Morgan fingerprint density at radius 2 is 1.71 bits per heavy atom. The number of β-amino-alcohol motifs (C(OH)–C–C–N with tert-alkyl or cyclic N) is 1. The highest BCUT2D eigenvalue weighted by Crippen LogP contribution is 2.38. The molecule has 16 heteroatoms. The molecule has 1 aliphatic heterocycles. The summed E-state index contributed by atoms with van der Waals surface area (Å²) in [5.74, 6) is 0.821. The number of pyridine rings is 1. The Morgan fingerprint density at radius 3 is 2.33 bits per heavy atom. The Bertz CT molecular complexity index is 1810. The van der Waals surface area contributed by atoms with E-state index in [9.17, 15) is 18.3 Å². The number of methoxy groups -OCH3 is 2. The summed E-state index contributed by atoms with van der Waals surface area (Å²) >= 11 is 0. The van der Waals surface area contributed by atoms with Gasteiger partial charge in [0.05, 0.1) is 40.1 Å². The van der Waals surface area contributed by atoms with Crippen LogP contribution in [0.25, 0.3) is 28.5 Å². The van der Waals surface area contributed by atoms with Crippen LogP contribution in [0.2, 0.25) is 0 Å². The molecule has 1 saturated heterocycles. The van der Waals surface area contributed by atoms with Crippen LogP contribution in [-0.4, -0.2) is 99.9 Å². The van der Waals surface area contributed by atoms with E-state index in [0.29, 0.717) is 41.2 Å². The van der Waals surface area contributed by atoms with Crippen LogP contribution in [0.15, 0.2) is 42.6 Å². The zero-order chi connectivity index (χ0) is 32.6. The van der Waals surface area contributed by atoms with Gasteiger partial charge < -0.3 is 29.0 Å². The number of fused-ring (bicyclic) bond motifs is 1. The number of aliphatic hydroxyl groups is 1. The topological polar surface area (TPSA) is 180 Å². The van der Waals surface area contributed by atoms with Crippen LogP contribution in [0.4, 0.5) is 10.6 Å². The van der Waals surface area contributed by atoms with Gasteiger partial charge in [-0.05, 0) is 45.9 Å². The van der Waals surface area contributed by atoms with Crippen molar-refractivity contribution in [3.8, 4) is 34.6 Å². The summed E-state index contributed by atoms with van der Waals surface area (Å²) in [7, 11) is -1.09. The number of anilines is 1. The molecule has 45 heavy (non-hydrogen) atoms. The second kappa shape index (κ2) is 12.0. The molecular weight excluding hydrogens is 606 g/mol. The van der Waals surface area contributed by atoms with Crippen molar-refractivity contribution in [3.05, 3.63) is 42.6 Å². The molecule has 0 aliphatic carbocycles. The molecule has 0 radical (unpaired) electrons. The minimum absolute atomic E-state index is 0.0974. The summed E-state index contributed by atoms with van der Waals surface area (Å²) in [6.07, 6.45) is 0.610. The van der Waals surface area contributed by atoms with Crippen molar-refractivity contribution in [2.24, 2.45) is 0 Å². The van der Waals surface area contributed by atoms with E-state index in [1.54, 1.807) is 61.7 Å². The van der Waals surface area contributed by atoms with Crippen LogP contribution < -0.4 is 18.9 Å². The molecule has 0 spiro atoms. The molecule has 1 fully saturated rings. The zero-order valence-corrected chi connectivity index (χ0v) is 26.6. The van der Waals surface area contributed by atoms with Crippen LogP contribution in [0.3, 0.4) is 0 Å². The van der Waals surface area contributed by atoms with Crippen LogP contribution >= 0.6 is 0 Å². The second-order valence-electron chi connectivity index (χ2n) is 11.4. The summed E-state index contributed by atoms with van der Waals surface area (Å²) in [5, 5.41) is 10.8. The number of imidazole rings is 1. The van der Waals surface area contributed by atoms with Gasteiger partial charge in [-0.1, -0.05) is 12.1 Å². The van der Waals surface area contributed by atoms with Crippen LogP contribution in [0.5, 0.6) is 17.4 Å². The Labute approximate surface area is 260 Å². The Hall–Kier alpha value is -4.70. The van der Waals surface area contributed by atoms with Crippen LogP contribution in [-0.2, 0) is 14.8 Å². The number of sulfonamides is 1. The first kappa shape index (κ1) is 31.7. The number of amides is 1. The first-order chi connectivity index (χ1) is 21.2. The molecule has 1 aliphatic rings. The molecule has 3 aromatic heterocycles. The predicted octanol–water partition coefficient (Wildman–Crippen LogP) is 3.02. The molecule has 1 amide bonds. The molecular formula is C29H35N7O8S. The van der Waals surface area contributed by atoms with Crippen LogP contribution in [0, 0.1) is 0 Å². The van der Waals surface area contributed by atoms with Gasteiger partial charge in [-0.2, -0.15) is 0 Å². The van der Waals surface area contributed by atoms with Gasteiger partial charge in [0.1, 0.15) is 39.8 Å². The normalized spacial score (nSPS) is 14.5. The van der Waals surface area contributed by atoms with Crippen molar-refractivity contribution < 1.29 is 37.3 Å². The van der Waals surface area contributed by atoms with E-state index < -0.39 is 33.1 Å². The van der Waals surface area contributed by atoms with Crippen molar-refractivity contribution in [2.45, 2.75) is 38.9 Å². The lowest BCUT2D eigenvalue weighted by atomic mass is 9.97. The van der Waals surface area contributed by atoms with E-state index in [-0.39, 0.29) is 30.2 Å². The summed E-state index contributed by atoms with van der Waals surface area (Å²) in [6, 6.07) is 10.5. The van der Waals surface area contributed by atoms with Gasteiger partial charge in [-0.3, -0.25) is 9.29 Å². The third kappa shape index (κ3) is 6.86. The maximum absolute atomic E-state index is 13.1. The maximum Gasteiger partial charge on any atom is 0.410 e. The standard InChI is InChI=1S/C29H35N7O8S/c1-7-43-22-13-8-10-18(31-22)25-33-24-26(36(25)23-19(41-5)11-9-12-20(23)42-6)30-14-21(32-24)34-45(39,40)17-29(38)15-35(16-29)27(37)44-28(2,3)4/h8-14,38H,7,15-17H2,1-6H3,(H,32,34). The van der Waals surface area contributed by atoms with Crippen LogP contribution in [0.1, 0.15) is 27.7 Å². The van der Waals surface area contributed by atoms with E-state index >= 15 is 0 Å². The lowest BCUT2D eigenvalue weighted by Gasteiger charge is -2.45. The highest BCUT2D eigenvalue weighted by atomic mass is 32.2. The van der Waals surface area contributed by atoms with Crippen molar-refractivity contribution in [1.29, 1.82) is 0 Å². The molecule has 0 atom stereocenters. The average molecular weight is 642 g/mol. The molecule has 0 unspecified atom stereocenters. The number of likely N-dealkylation sites (tertiary alicyclic amines) is 1. The van der Waals surface area contributed by atoms with Gasteiger partial charge >= 0.3 is 6.09 Å². The average Bonchev–Trinajstić information content (AvgIpc) is 3.32. The number of rotatable bonds is 10. The van der Waals surface area contributed by atoms with E-state index in [1.165, 1.54) is 25.3 Å². The lowest BCUT2D eigenvalue weighted by molar-refractivity contribution is -0.0842. The highest BCUT2D eigenvalue weighted by Gasteiger charge is 2.48. The van der Waals surface area contributed by atoms with E-state index in [0.717, 1.165) is 0 Å². The number of carbonyl (C=O) groups is 1. The monoisotopic (exact) mass is 641 g/mol. The summed E-state index contributed by atoms with van der Waals surface area (Å²) < 4.78 is 52.3. The molecule has 15 nitrogen and oxygen atoms in total. The highest BCUT2D eigenvalue weighted by molar-refractivity contribution is 7.92. The SMILES string of the molecule is CCOc1cccc(-c2nc3nc(NS(=O)(=O)CC4(O)CN(C(=O)OC(C)(C)C)C4)cnc3n2-c2c(OC)cccc2OC)n1. The molecule has 1 aromatic carbocycles. The molecule has 2 N–H and O–H groups in total. The molecule has 0 bridgehead atoms. The minimum Gasteiger partial charge on any atom is -0.494 e. The van der Waals surface area contributed by atoms with Gasteiger partial charge in [0, 0.05) is 6.07 Å². The van der Waals surface area contributed by atoms with Crippen molar-refractivity contribution in [1.82, 2.24) is 29.4 Å². The van der Waals surface area contributed by atoms with Gasteiger partial charge in [0.2, 0.25) is 15.9 Å². The zero-order valence-electron chi connectivity index (χ0n) is 25.8. The number of hydrogen-bond donors (Lipinski definition) is 2. The Balaban J connectivity index is 1.49. The number of benzene rings is 1. The van der Waals surface area contributed by atoms with Gasteiger partial charge in [-0.25, -0.2) is 33.1 Å². The Morgan fingerprint density at radius 1 is 1.04 bits per heavy atom. The smallest absolute Gasteiger partial charge is 0.410 e. The molecule has 4 aromatic rings. The lowest BCUT2D eigenvalue weighted by Crippen LogP contribution is -2.67. The van der Waals surface area contributed by atoms with E-state index in [1.807, 2.05) is 6.92 Å². The summed E-state index contributed by atoms with van der Waals surface area (Å²) in [6.45, 7) is 7.02. The number of nitrogens with zero attached hydrogens (tertiary/aromatic N) is 6. The number of para-hydroxylation sites is 1. The molecule has 240 valence electrons. The first-order valence-electron chi connectivity index (χ1n) is 14.0. The molecule has 4 heterocycles. The van der Waals surface area contributed by atoms with Crippen molar-refractivity contribution >= 4 is 33.2 Å². The van der Waals surface area contributed by atoms with Gasteiger partial charge in [0.25, 0.3) is 0 Å². The number of carbonyl (C=O) groups excluding carboxylic acids is 1. The minimum atomic E-state index is -4.13. The largest absolute Gasteiger partial charge is 0.494 e. The fourth-order valence-corrected chi connectivity index (χ4v) is 6.25. The van der Waals surface area contributed by atoms with E-state index in [4.69, 9.17) is 18.9 Å². The number of nitrogens with one attached hydrogen (secondary N) is 1. The third-order valence-corrected chi connectivity index (χ3v) is 8.02. The molecule has 5 rings (SSSR count). The van der Waals surface area contributed by atoms with Crippen molar-refractivity contribution in [2.75, 3.05) is 44.4 Å². The fourth-order valence-electron chi connectivity index (χ4n) is 4.87. The maximum atomic E-state index is 13.1. The summed E-state index contributed by atoms with van der Waals surface area (Å²) in [5.41, 5.74) is -1.11. The van der Waals surface area contributed by atoms with E-state index in [2.05, 4.69) is 24.7 Å². The Kier molecular flexibility index (Phi) is 8.46. The summed E-state index contributed by atoms with van der Waals surface area (Å²) in [4.78, 5) is 31.7. The third-order valence-electron chi connectivity index (χ3n) is 6.58. The second-order valence-corrected chi connectivity index (χ2v) is 13.1. The fraction of sp³-hybridized carbons (Fsp3) is 0.414. The van der Waals surface area contributed by atoms with Gasteiger partial charge in [-0.15, -0.1) is 0 Å². The van der Waals surface area contributed by atoms with Crippen molar-refractivity contribution in [3.63, 3.8) is 0 Å². The number of hydrogen-bond acceptors (Lipinski definition) is 12.